The van der Waals surface area contributed by atoms with Crippen LogP contribution in [-0.4, -0.2) is 46.9 Å². The molecule has 1 aliphatic rings. The van der Waals surface area contributed by atoms with Crippen molar-refractivity contribution in [3.8, 4) is 10.6 Å². The maximum Gasteiger partial charge on any atom is 0.254 e. The molecule has 2 aromatic heterocycles. The molecule has 0 radical (unpaired) electrons. The quantitative estimate of drug-likeness (QED) is 0.468. The lowest BCUT2D eigenvalue weighted by atomic mass is 10.0. The standard InChI is InChI=1S/C23H21N3OS2/c27-23(19-8-3-6-17-5-1-2-7-18(17)19)26-12-10-25(11-13-26)15-22-24-20(16-29-22)21-9-4-14-28-21/h1-9,14,16H,10-13,15H2. The van der Waals surface area contributed by atoms with Crippen molar-refractivity contribution in [2.75, 3.05) is 26.2 Å². The van der Waals surface area contributed by atoms with Gasteiger partial charge in [0.2, 0.25) is 0 Å². The molecule has 1 saturated heterocycles. The maximum atomic E-state index is 13.1. The Morgan fingerprint density at radius 2 is 1.76 bits per heavy atom. The summed E-state index contributed by atoms with van der Waals surface area (Å²) >= 11 is 3.44. The van der Waals surface area contributed by atoms with Gasteiger partial charge in [0.05, 0.1) is 17.1 Å². The Kier molecular flexibility index (Phi) is 5.14. The molecule has 29 heavy (non-hydrogen) atoms. The number of rotatable bonds is 4. The van der Waals surface area contributed by atoms with E-state index in [1.807, 2.05) is 35.2 Å². The van der Waals surface area contributed by atoms with Crippen LogP contribution >= 0.6 is 22.7 Å². The van der Waals surface area contributed by atoms with Crippen LogP contribution in [0.2, 0.25) is 0 Å². The van der Waals surface area contributed by atoms with E-state index in [1.54, 1.807) is 22.7 Å². The SMILES string of the molecule is O=C(c1cccc2ccccc12)N1CCN(Cc2nc(-c3cccs3)cs2)CC1. The highest BCUT2D eigenvalue weighted by atomic mass is 32.1. The number of hydrogen-bond acceptors (Lipinski definition) is 5. The Labute approximate surface area is 178 Å². The molecule has 5 rings (SSSR count). The number of amides is 1. The van der Waals surface area contributed by atoms with Crippen LogP contribution in [-0.2, 0) is 6.54 Å². The molecule has 146 valence electrons. The predicted molar refractivity (Wildman–Crippen MR) is 121 cm³/mol. The second-order valence-electron chi connectivity index (χ2n) is 7.20. The Bertz CT molecular complexity index is 1120. The third-order valence-corrected chi connectivity index (χ3v) is 7.09. The summed E-state index contributed by atoms with van der Waals surface area (Å²) in [6, 6.07) is 18.2. The smallest absolute Gasteiger partial charge is 0.254 e. The van der Waals surface area contributed by atoms with Gasteiger partial charge >= 0.3 is 0 Å². The number of fused-ring (bicyclic) bond motifs is 1. The highest BCUT2D eigenvalue weighted by Crippen LogP contribution is 2.27. The van der Waals surface area contributed by atoms with Gasteiger partial charge in [-0.3, -0.25) is 9.69 Å². The second-order valence-corrected chi connectivity index (χ2v) is 9.09. The molecule has 0 N–H and O–H groups in total. The van der Waals surface area contributed by atoms with Crippen molar-refractivity contribution in [1.29, 1.82) is 0 Å². The number of nitrogens with zero attached hydrogens (tertiary/aromatic N) is 3. The summed E-state index contributed by atoms with van der Waals surface area (Å²) in [5, 5.41) is 7.51. The monoisotopic (exact) mass is 419 g/mol. The Morgan fingerprint density at radius 3 is 2.59 bits per heavy atom. The van der Waals surface area contributed by atoms with Crippen LogP contribution in [0.4, 0.5) is 0 Å². The van der Waals surface area contributed by atoms with E-state index in [4.69, 9.17) is 4.98 Å². The van der Waals surface area contributed by atoms with Gasteiger partial charge in [-0.2, -0.15) is 0 Å². The number of piperazine rings is 1. The van der Waals surface area contributed by atoms with Crippen LogP contribution in [0.3, 0.4) is 0 Å². The van der Waals surface area contributed by atoms with Crippen LogP contribution in [0, 0.1) is 0 Å². The topological polar surface area (TPSA) is 36.4 Å². The fourth-order valence-electron chi connectivity index (χ4n) is 3.80. The summed E-state index contributed by atoms with van der Waals surface area (Å²) in [6.07, 6.45) is 0. The third-order valence-electron chi connectivity index (χ3n) is 5.36. The number of thiophene rings is 1. The average molecular weight is 420 g/mol. The molecule has 1 fully saturated rings. The number of hydrogen-bond donors (Lipinski definition) is 0. The molecule has 0 atom stereocenters. The van der Waals surface area contributed by atoms with Crippen molar-refractivity contribution in [1.82, 2.24) is 14.8 Å². The highest BCUT2D eigenvalue weighted by molar-refractivity contribution is 7.14. The third kappa shape index (κ3) is 3.83. The van der Waals surface area contributed by atoms with E-state index in [9.17, 15) is 4.79 Å². The molecule has 2 aromatic carbocycles. The van der Waals surface area contributed by atoms with E-state index < -0.39 is 0 Å². The van der Waals surface area contributed by atoms with Gasteiger partial charge in [-0.25, -0.2) is 4.98 Å². The molecule has 0 unspecified atom stereocenters. The van der Waals surface area contributed by atoms with E-state index >= 15 is 0 Å². The fourth-order valence-corrected chi connectivity index (χ4v) is 5.40. The van der Waals surface area contributed by atoms with Gasteiger partial charge in [-0.05, 0) is 28.3 Å². The van der Waals surface area contributed by atoms with Crippen LogP contribution in [0.5, 0.6) is 0 Å². The first-order valence-electron chi connectivity index (χ1n) is 9.75. The van der Waals surface area contributed by atoms with Crippen molar-refractivity contribution in [2.24, 2.45) is 0 Å². The summed E-state index contributed by atoms with van der Waals surface area (Å²) in [4.78, 5) is 23.5. The van der Waals surface area contributed by atoms with Gasteiger partial charge in [0.1, 0.15) is 5.01 Å². The van der Waals surface area contributed by atoms with E-state index in [2.05, 4.69) is 39.9 Å². The number of benzene rings is 2. The van der Waals surface area contributed by atoms with Crippen molar-refractivity contribution < 1.29 is 4.79 Å². The minimum Gasteiger partial charge on any atom is -0.336 e. The summed E-state index contributed by atoms with van der Waals surface area (Å²) in [5.41, 5.74) is 1.88. The minimum absolute atomic E-state index is 0.135. The van der Waals surface area contributed by atoms with Crippen molar-refractivity contribution in [2.45, 2.75) is 6.54 Å². The molecule has 4 nitrogen and oxygen atoms in total. The lowest BCUT2D eigenvalue weighted by Gasteiger charge is -2.34. The molecule has 3 heterocycles. The molecule has 4 aromatic rings. The number of aromatic nitrogens is 1. The van der Waals surface area contributed by atoms with Crippen LogP contribution in [0.1, 0.15) is 15.4 Å². The lowest BCUT2D eigenvalue weighted by Crippen LogP contribution is -2.48. The number of carbonyl (C=O) groups excluding carboxylic acids is 1. The van der Waals surface area contributed by atoms with Gasteiger partial charge < -0.3 is 4.90 Å². The number of thiazole rings is 1. The molecule has 0 spiro atoms. The zero-order chi connectivity index (χ0) is 19.6. The van der Waals surface area contributed by atoms with Gasteiger partial charge in [0.15, 0.2) is 0 Å². The summed E-state index contributed by atoms with van der Waals surface area (Å²) < 4.78 is 0. The van der Waals surface area contributed by atoms with E-state index in [0.717, 1.165) is 59.8 Å². The Morgan fingerprint density at radius 1 is 0.931 bits per heavy atom. The molecular formula is C23H21N3OS2. The Hall–Kier alpha value is -2.54. The molecule has 0 bridgehead atoms. The lowest BCUT2D eigenvalue weighted by molar-refractivity contribution is 0.0630. The predicted octanol–water partition coefficient (Wildman–Crippen LogP) is 4.98. The van der Waals surface area contributed by atoms with Crippen LogP contribution in [0.15, 0.2) is 65.4 Å². The van der Waals surface area contributed by atoms with Crippen molar-refractivity contribution in [3.63, 3.8) is 0 Å². The maximum absolute atomic E-state index is 13.1. The zero-order valence-corrected chi connectivity index (χ0v) is 17.6. The molecular weight excluding hydrogens is 398 g/mol. The summed E-state index contributed by atoms with van der Waals surface area (Å²) in [5.74, 6) is 0.135. The van der Waals surface area contributed by atoms with E-state index in [1.165, 1.54) is 4.88 Å². The zero-order valence-electron chi connectivity index (χ0n) is 16.0. The molecule has 1 aliphatic heterocycles. The first-order chi connectivity index (χ1) is 14.3. The Balaban J connectivity index is 1.23. The normalized spacial score (nSPS) is 15.1. The molecule has 1 amide bonds. The summed E-state index contributed by atoms with van der Waals surface area (Å²) in [6.45, 7) is 4.12. The van der Waals surface area contributed by atoms with Gasteiger partial charge in [-0.15, -0.1) is 22.7 Å². The molecule has 0 aliphatic carbocycles. The van der Waals surface area contributed by atoms with E-state index in [-0.39, 0.29) is 5.91 Å². The highest BCUT2D eigenvalue weighted by Gasteiger charge is 2.23. The molecule has 6 heteroatoms. The number of carbonyl (C=O) groups is 1. The average Bonchev–Trinajstić information content (AvgIpc) is 3.45. The minimum atomic E-state index is 0.135. The van der Waals surface area contributed by atoms with Crippen LogP contribution < -0.4 is 0 Å². The van der Waals surface area contributed by atoms with E-state index in [0.29, 0.717) is 0 Å². The fraction of sp³-hybridized carbons (Fsp3) is 0.217. The second kappa shape index (κ2) is 8.06. The van der Waals surface area contributed by atoms with Gasteiger partial charge in [0, 0.05) is 37.1 Å². The summed E-state index contributed by atoms with van der Waals surface area (Å²) in [7, 11) is 0. The van der Waals surface area contributed by atoms with Crippen molar-refractivity contribution in [3.05, 3.63) is 75.9 Å². The molecule has 0 saturated carbocycles. The van der Waals surface area contributed by atoms with Crippen LogP contribution in [0.25, 0.3) is 21.3 Å². The van der Waals surface area contributed by atoms with Gasteiger partial charge in [-0.1, -0.05) is 42.5 Å². The first kappa shape index (κ1) is 18.5. The van der Waals surface area contributed by atoms with Gasteiger partial charge in [0.25, 0.3) is 5.91 Å². The first-order valence-corrected chi connectivity index (χ1v) is 11.5. The van der Waals surface area contributed by atoms with Crippen molar-refractivity contribution >= 4 is 39.4 Å². The largest absolute Gasteiger partial charge is 0.336 e.